The monoisotopic (exact) mass is 130 g/mol. The maximum atomic E-state index is 4.00. The molecule has 0 amide bonds. The Labute approximate surface area is 57.8 Å². The predicted molar refractivity (Wildman–Crippen MR) is 36.2 cm³/mol. The van der Waals surface area contributed by atoms with Crippen LogP contribution in [0, 0.1) is 6.20 Å². The van der Waals surface area contributed by atoms with E-state index in [1.165, 1.54) is 6.33 Å². The van der Waals surface area contributed by atoms with E-state index in [-0.39, 0.29) is 0 Å². The number of hydrogen-bond donors (Lipinski definition) is 0. The molecule has 3 heteroatoms. The van der Waals surface area contributed by atoms with Crippen LogP contribution in [0.2, 0.25) is 0 Å². The molecule has 0 unspecified atom stereocenters. The van der Waals surface area contributed by atoms with E-state index in [2.05, 4.69) is 21.1 Å². The molecule has 0 aromatic carbocycles. The lowest BCUT2D eigenvalue weighted by molar-refractivity contribution is 1.20. The first kappa shape index (κ1) is 5.29. The molecular formula is C7H4N3. The van der Waals surface area contributed by atoms with Crippen LogP contribution in [0.25, 0.3) is 10.9 Å². The van der Waals surface area contributed by atoms with E-state index >= 15 is 0 Å². The SMILES string of the molecule is [c]1ncnc2ccncc12. The summed E-state index contributed by atoms with van der Waals surface area (Å²) < 4.78 is 0. The molecule has 0 aliphatic carbocycles. The summed E-state index contributed by atoms with van der Waals surface area (Å²) in [6.07, 6.45) is 7.64. The summed E-state index contributed by atoms with van der Waals surface area (Å²) in [4.78, 5) is 11.6. The van der Waals surface area contributed by atoms with Crippen LogP contribution >= 0.6 is 0 Å². The van der Waals surface area contributed by atoms with Gasteiger partial charge in [-0.3, -0.25) is 4.98 Å². The normalized spacial score (nSPS) is 10.0. The van der Waals surface area contributed by atoms with Crippen molar-refractivity contribution in [2.24, 2.45) is 0 Å². The van der Waals surface area contributed by atoms with Gasteiger partial charge in [0.15, 0.2) is 0 Å². The molecule has 47 valence electrons. The standard InChI is InChI=1S/C7H4N3/c1-2-8-3-6-4-9-5-10-7(1)6/h1-3,5H. The van der Waals surface area contributed by atoms with Crippen molar-refractivity contribution in [1.29, 1.82) is 0 Å². The molecule has 0 atom stereocenters. The van der Waals surface area contributed by atoms with Crippen molar-refractivity contribution in [2.45, 2.75) is 0 Å². The van der Waals surface area contributed by atoms with Gasteiger partial charge in [-0.15, -0.1) is 0 Å². The van der Waals surface area contributed by atoms with Crippen LogP contribution in [-0.2, 0) is 0 Å². The molecule has 0 aliphatic rings. The number of fused-ring (bicyclic) bond motifs is 1. The zero-order chi connectivity index (χ0) is 6.81. The van der Waals surface area contributed by atoms with Crippen LogP contribution < -0.4 is 0 Å². The van der Waals surface area contributed by atoms with E-state index in [1.807, 2.05) is 6.07 Å². The number of aromatic nitrogens is 3. The van der Waals surface area contributed by atoms with Crippen LogP contribution in [0.15, 0.2) is 24.8 Å². The minimum Gasteiger partial charge on any atom is -0.264 e. The molecule has 1 radical (unpaired) electrons. The number of nitrogens with zero attached hydrogens (tertiary/aromatic N) is 3. The van der Waals surface area contributed by atoms with Gasteiger partial charge in [0, 0.05) is 17.8 Å². The summed E-state index contributed by atoms with van der Waals surface area (Å²) in [7, 11) is 0. The van der Waals surface area contributed by atoms with Gasteiger partial charge in [-0.1, -0.05) is 0 Å². The molecule has 0 aliphatic heterocycles. The molecule has 0 saturated carbocycles. The summed E-state index contributed by atoms with van der Waals surface area (Å²) in [6.45, 7) is 0. The minimum absolute atomic E-state index is 0.852. The number of hydrogen-bond acceptors (Lipinski definition) is 3. The Morgan fingerprint density at radius 1 is 1.40 bits per heavy atom. The van der Waals surface area contributed by atoms with E-state index in [0.717, 1.165) is 10.9 Å². The summed E-state index contributed by atoms with van der Waals surface area (Å²) >= 11 is 0. The van der Waals surface area contributed by atoms with Gasteiger partial charge in [-0.25, -0.2) is 9.97 Å². The van der Waals surface area contributed by atoms with Crippen LogP contribution in [-0.4, -0.2) is 15.0 Å². The Balaban J connectivity index is 2.89. The van der Waals surface area contributed by atoms with E-state index in [4.69, 9.17) is 0 Å². The van der Waals surface area contributed by atoms with E-state index in [9.17, 15) is 0 Å². The average molecular weight is 130 g/mol. The fourth-order valence-corrected chi connectivity index (χ4v) is 0.775. The predicted octanol–water partition coefficient (Wildman–Crippen LogP) is 0.825. The first-order valence-corrected chi connectivity index (χ1v) is 2.89. The zero-order valence-electron chi connectivity index (χ0n) is 5.15. The molecule has 0 saturated heterocycles. The van der Waals surface area contributed by atoms with Crippen molar-refractivity contribution in [3.63, 3.8) is 0 Å². The van der Waals surface area contributed by atoms with E-state index in [0.29, 0.717) is 0 Å². The molecule has 0 fully saturated rings. The highest BCUT2D eigenvalue weighted by atomic mass is 14.8. The third-order valence-corrected chi connectivity index (χ3v) is 1.24. The Morgan fingerprint density at radius 2 is 2.40 bits per heavy atom. The van der Waals surface area contributed by atoms with Crippen LogP contribution in [0.3, 0.4) is 0 Å². The molecule has 2 aromatic heterocycles. The number of pyridine rings is 1. The molecular weight excluding hydrogens is 126 g/mol. The maximum absolute atomic E-state index is 4.00. The first-order valence-electron chi connectivity index (χ1n) is 2.89. The highest BCUT2D eigenvalue weighted by Gasteiger charge is 1.89. The van der Waals surface area contributed by atoms with Crippen molar-refractivity contribution < 1.29 is 0 Å². The molecule has 2 rings (SSSR count). The van der Waals surface area contributed by atoms with Crippen molar-refractivity contribution in [1.82, 2.24) is 15.0 Å². The largest absolute Gasteiger partial charge is 0.264 e. The number of rotatable bonds is 0. The van der Waals surface area contributed by atoms with Crippen molar-refractivity contribution in [2.75, 3.05) is 0 Å². The Morgan fingerprint density at radius 3 is 3.30 bits per heavy atom. The molecule has 2 heterocycles. The van der Waals surface area contributed by atoms with Crippen molar-refractivity contribution >= 4 is 10.9 Å². The van der Waals surface area contributed by atoms with Gasteiger partial charge in [0.1, 0.15) is 12.5 Å². The van der Waals surface area contributed by atoms with Gasteiger partial charge in [0.2, 0.25) is 0 Å². The minimum atomic E-state index is 0.852. The molecule has 0 spiro atoms. The van der Waals surface area contributed by atoms with Gasteiger partial charge in [-0.2, -0.15) is 0 Å². The lowest BCUT2D eigenvalue weighted by Gasteiger charge is -1.89. The van der Waals surface area contributed by atoms with Gasteiger partial charge in [0.25, 0.3) is 0 Å². The second-order valence-corrected chi connectivity index (χ2v) is 1.88. The first-order chi connectivity index (χ1) is 4.97. The fraction of sp³-hybridized carbons (Fsp3) is 0. The van der Waals surface area contributed by atoms with Gasteiger partial charge >= 0.3 is 0 Å². The Hall–Kier alpha value is -1.51. The second-order valence-electron chi connectivity index (χ2n) is 1.88. The zero-order valence-corrected chi connectivity index (χ0v) is 5.15. The van der Waals surface area contributed by atoms with Crippen LogP contribution in [0.5, 0.6) is 0 Å². The van der Waals surface area contributed by atoms with Gasteiger partial charge in [0.05, 0.1) is 5.52 Å². The van der Waals surface area contributed by atoms with E-state index < -0.39 is 0 Å². The quantitative estimate of drug-likeness (QED) is 0.530. The third kappa shape index (κ3) is 0.719. The molecule has 2 aromatic rings. The Kier molecular flexibility index (Phi) is 1.07. The highest BCUT2D eigenvalue weighted by molar-refractivity contribution is 5.74. The molecule has 10 heavy (non-hydrogen) atoms. The van der Waals surface area contributed by atoms with Gasteiger partial charge < -0.3 is 0 Å². The van der Waals surface area contributed by atoms with Gasteiger partial charge in [-0.05, 0) is 6.07 Å². The maximum Gasteiger partial charge on any atom is 0.116 e. The van der Waals surface area contributed by atoms with Crippen molar-refractivity contribution in [3.8, 4) is 0 Å². The lowest BCUT2D eigenvalue weighted by Crippen LogP contribution is -1.80. The third-order valence-electron chi connectivity index (χ3n) is 1.24. The second kappa shape index (κ2) is 2.02. The van der Waals surface area contributed by atoms with E-state index in [1.54, 1.807) is 12.4 Å². The average Bonchev–Trinajstić information content (AvgIpc) is 2.05. The Bertz CT molecular complexity index is 280. The van der Waals surface area contributed by atoms with Crippen molar-refractivity contribution in [3.05, 3.63) is 31.0 Å². The smallest absolute Gasteiger partial charge is 0.116 e. The summed E-state index contributed by atoms with van der Waals surface area (Å²) in [6, 6.07) is 1.83. The summed E-state index contributed by atoms with van der Waals surface area (Å²) in [5.74, 6) is 0. The van der Waals surface area contributed by atoms with Crippen LogP contribution in [0.1, 0.15) is 0 Å². The summed E-state index contributed by atoms with van der Waals surface area (Å²) in [5, 5.41) is 0.852. The molecule has 0 N–H and O–H groups in total. The molecule has 3 nitrogen and oxygen atoms in total. The fourth-order valence-electron chi connectivity index (χ4n) is 0.775. The lowest BCUT2D eigenvalue weighted by atomic mass is 10.3. The van der Waals surface area contributed by atoms with Crippen LogP contribution in [0.4, 0.5) is 0 Å². The topological polar surface area (TPSA) is 38.7 Å². The summed E-state index contributed by atoms with van der Waals surface area (Å²) in [5.41, 5.74) is 0.880. The molecule has 0 bridgehead atoms. The highest BCUT2D eigenvalue weighted by Crippen LogP contribution is 2.03.